The second-order valence-corrected chi connectivity index (χ2v) is 10.4. The number of aryl methyl sites for hydroxylation is 2. The molecule has 2 aromatic heterocycles. The summed E-state index contributed by atoms with van der Waals surface area (Å²) in [5.74, 6) is 0. The fourth-order valence-corrected chi connectivity index (χ4v) is 5.81. The summed E-state index contributed by atoms with van der Waals surface area (Å²) in [7, 11) is 2.07. The van der Waals surface area contributed by atoms with Crippen LogP contribution in [0.4, 0.5) is 0 Å². The van der Waals surface area contributed by atoms with Gasteiger partial charge in [0.1, 0.15) is 18.2 Å². The number of furan rings is 1. The summed E-state index contributed by atoms with van der Waals surface area (Å²) in [6, 6.07) is 44.1. The van der Waals surface area contributed by atoms with Gasteiger partial charge >= 0.3 is 0 Å². The number of pyridine rings is 1. The molecular weight excluding hydrogens is 500 g/mol. The number of nitrogens with zero attached hydrogens (tertiary/aromatic N) is 2. The zero-order valence-electron chi connectivity index (χ0n) is 22.9. The second-order valence-electron chi connectivity index (χ2n) is 10.4. The molecule has 5 aromatic carbocycles. The normalized spacial score (nSPS) is 11.1. The van der Waals surface area contributed by atoms with Crippen LogP contribution in [0.25, 0.3) is 66.6 Å². The number of hydrogen-bond acceptors (Lipinski definition) is 2. The molecule has 0 aliphatic rings. The monoisotopic (exact) mass is 527 g/mol. The molecule has 0 amide bonds. The molecule has 0 fully saturated rings. The molecular formula is C38H27N2O+. The highest BCUT2D eigenvalue weighted by atomic mass is 16.3. The van der Waals surface area contributed by atoms with Crippen LogP contribution in [0.1, 0.15) is 11.1 Å². The van der Waals surface area contributed by atoms with Crippen molar-refractivity contribution < 1.29 is 8.98 Å². The maximum absolute atomic E-state index is 10.2. The molecule has 0 N–H and O–H groups in total. The average Bonchev–Trinajstić information content (AvgIpc) is 3.40. The first-order valence-electron chi connectivity index (χ1n) is 13.7. The lowest BCUT2D eigenvalue weighted by Crippen LogP contribution is -2.30. The summed E-state index contributed by atoms with van der Waals surface area (Å²) >= 11 is 0. The lowest BCUT2D eigenvalue weighted by molar-refractivity contribution is -0.660. The fraction of sp³-hybridized carbons (Fsp3) is 0.0526. The Labute approximate surface area is 239 Å². The number of rotatable bonds is 4. The van der Waals surface area contributed by atoms with E-state index in [1.54, 1.807) is 0 Å². The Morgan fingerprint density at radius 1 is 0.585 bits per heavy atom. The van der Waals surface area contributed by atoms with E-state index < -0.39 is 0 Å². The molecule has 0 bridgehead atoms. The molecule has 7 rings (SSSR count). The topological polar surface area (TPSA) is 40.8 Å². The van der Waals surface area contributed by atoms with Crippen molar-refractivity contribution in [1.29, 1.82) is 5.26 Å². The van der Waals surface area contributed by atoms with Crippen LogP contribution < -0.4 is 4.57 Å². The van der Waals surface area contributed by atoms with Gasteiger partial charge in [-0.05, 0) is 58.5 Å². The van der Waals surface area contributed by atoms with Gasteiger partial charge in [0, 0.05) is 28.5 Å². The van der Waals surface area contributed by atoms with Crippen LogP contribution in [0.3, 0.4) is 0 Å². The summed E-state index contributed by atoms with van der Waals surface area (Å²) in [4.78, 5) is 0. The van der Waals surface area contributed by atoms with E-state index in [1.165, 1.54) is 5.56 Å². The molecule has 0 aliphatic heterocycles. The molecule has 0 aliphatic carbocycles. The summed E-state index contributed by atoms with van der Waals surface area (Å²) in [6.45, 7) is 2.13. The van der Waals surface area contributed by atoms with E-state index in [0.717, 1.165) is 66.6 Å². The lowest BCUT2D eigenvalue weighted by Gasteiger charge is -2.08. The highest BCUT2D eigenvalue weighted by molar-refractivity contribution is 6.14. The summed E-state index contributed by atoms with van der Waals surface area (Å²) < 4.78 is 8.97. The third-order valence-corrected chi connectivity index (χ3v) is 7.91. The third-order valence-electron chi connectivity index (χ3n) is 7.91. The van der Waals surface area contributed by atoms with E-state index in [1.807, 2.05) is 42.5 Å². The SMILES string of the molecule is Cc1ccc2c(oc3c(-c4cccc(-c5ccccc5)c4)c(C#N)ccc32)c1-c1cc(-c2ccccc2)cc[n+]1C. The van der Waals surface area contributed by atoms with E-state index in [4.69, 9.17) is 4.42 Å². The van der Waals surface area contributed by atoms with Gasteiger partial charge in [0.2, 0.25) is 5.69 Å². The van der Waals surface area contributed by atoms with Gasteiger partial charge in [-0.2, -0.15) is 5.26 Å². The van der Waals surface area contributed by atoms with Crippen molar-refractivity contribution in [1.82, 2.24) is 0 Å². The minimum Gasteiger partial charge on any atom is -0.454 e. The minimum absolute atomic E-state index is 0.594. The average molecular weight is 528 g/mol. The Balaban J connectivity index is 1.49. The zero-order chi connectivity index (χ0) is 27.9. The highest BCUT2D eigenvalue weighted by Crippen LogP contribution is 2.42. The van der Waals surface area contributed by atoms with E-state index >= 15 is 0 Å². The van der Waals surface area contributed by atoms with Crippen molar-refractivity contribution in [3.8, 4) is 50.7 Å². The van der Waals surface area contributed by atoms with Crippen LogP contribution >= 0.6 is 0 Å². The van der Waals surface area contributed by atoms with Crippen LogP contribution in [0.5, 0.6) is 0 Å². The van der Waals surface area contributed by atoms with Crippen LogP contribution in [0, 0.1) is 18.3 Å². The first-order valence-corrected chi connectivity index (χ1v) is 13.7. The molecule has 0 atom stereocenters. The van der Waals surface area contributed by atoms with Gasteiger partial charge < -0.3 is 4.42 Å². The molecule has 7 aromatic rings. The maximum atomic E-state index is 10.2. The van der Waals surface area contributed by atoms with E-state index in [0.29, 0.717) is 5.56 Å². The number of fused-ring (bicyclic) bond motifs is 3. The fourth-order valence-electron chi connectivity index (χ4n) is 5.81. The van der Waals surface area contributed by atoms with Gasteiger partial charge in [-0.3, -0.25) is 0 Å². The van der Waals surface area contributed by atoms with Crippen molar-refractivity contribution >= 4 is 21.9 Å². The van der Waals surface area contributed by atoms with Crippen LogP contribution in [0.2, 0.25) is 0 Å². The van der Waals surface area contributed by atoms with Crippen molar-refractivity contribution in [2.45, 2.75) is 6.92 Å². The molecule has 2 heterocycles. The Morgan fingerprint density at radius 2 is 1.17 bits per heavy atom. The molecule has 3 nitrogen and oxygen atoms in total. The van der Waals surface area contributed by atoms with Crippen molar-refractivity contribution in [3.05, 3.63) is 139 Å². The predicted molar refractivity (Wildman–Crippen MR) is 166 cm³/mol. The summed E-state index contributed by atoms with van der Waals surface area (Å²) in [5, 5.41) is 12.2. The standard InChI is InChI=1S/C38H27N2O/c1-25-16-18-32-33-19-17-31(24-39)36(30-15-9-14-28(22-30)26-10-5-3-6-11-26)38(33)41-37(32)35(25)34-23-29(20-21-40(34)2)27-12-7-4-8-13-27/h3-23H,1-2H3/q+1. The largest absolute Gasteiger partial charge is 0.454 e. The Bertz CT molecular complexity index is 2120. The van der Waals surface area contributed by atoms with Crippen molar-refractivity contribution in [2.75, 3.05) is 0 Å². The van der Waals surface area contributed by atoms with Crippen molar-refractivity contribution in [2.24, 2.45) is 7.05 Å². The quantitative estimate of drug-likeness (QED) is 0.214. The molecule has 0 unspecified atom stereocenters. The Hall–Kier alpha value is -5.46. The van der Waals surface area contributed by atoms with Gasteiger partial charge in [-0.25, -0.2) is 4.57 Å². The van der Waals surface area contributed by atoms with Gasteiger partial charge in [0.05, 0.1) is 17.2 Å². The Kier molecular flexibility index (Phi) is 5.95. The minimum atomic E-state index is 0.594. The second kappa shape index (κ2) is 9.93. The van der Waals surface area contributed by atoms with Gasteiger partial charge in [0.15, 0.2) is 6.20 Å². The third kappa shape index (κ3) is 4.18. The van der Waals surface area contributed by atoms with E-state index in [2.05, 4.69) is 110 Å². The molecule has 0 spiro atoms. The van der Waals surface area contributed by atoms with E-state index in [-0.39, 0.29) is 0 Å². The van der Waals surface area contributed by atoms with Crippen LogP contribution in [-0.4, -0.2) is 0 Å². The van der Waals surface area contributed by atoms with Gasteiger partial charge in [-0.1, -0.05) is 91.0 Å². The van der Waals surface area contributed by atoms with Crippen molar-refractivity contribution in [3.63, 3.8) is 0 Å². The number of benzene rings is 5. The number of nitriles is 1. The molecule has 0 saturated heterocycles. The maximum Gasteiger partial charge on any atom is 0.216 e. The highest BCUT2D eigenvalue weighted by Gasteiger charge is 2.24. The number of hydrogen-bond donors (Lipinski definition) is 0. The first-order chi connectivity index (χ1) is 20.1. The zero-order valence-corrected chi connectivity index (χ0v) is 22.9. The molecule has 0 radical (unpaired) electrons. The molecule has 3 heteroatoms. The van der Waals surface area contributed by atoms with Crippen LogP contribution in [-0.2, 0) is 7.05 Å². The molecule has 194 valence electrons. The molecule has 0 saturated carbocycles. The summed E-state index contributed by atoms with van der Waals surface area (Å²) in [5.41, 5.74) is 11.8. The number of aromatic nitrogens is 1. The van der Waals surface area contributed by atoms with Crippen LogP contribution in [0.15, 0.2) is 132 Å². The molecule has 41 heavy (non-hydrogen) atoms. The van der Waals surface area contributed by atoms with Gasteiger partial charge in [0.25, 0.3) is 0 Å². The van der Waals surface area contributed by atoms with E-state index in [9.17, 15) is 5.26 Å². The lowest BCUT2D eigenvalue weighted by atomic mass is 9.94. The smallest absolute Gasteiger partial charge is 0.216 e. The summed E-state index contributed by atoms with van der Waals surface area (Å²) in [6.07, 6.45) is 2.10. The Morgan fingerprint density at radius 3 is 1.85 bits per heavy atom. The predicted octanol–water partition coefficient (Wildman–Crippen LogP) is 9.26. The first kappa shape index (κ1) is 24.6. The van der Waals surface area contributed by atoms with Gasteiger partial charge in [-0.15, -0.1) is 0 Å².